The molecule has 0 aliphatic heterocycles. The maximum Gasteiger partial charge on any atom is 0.266 e. The van der Waals surface area contributed by atoms with Crippen LogP contribution >= 0.6 is 0 Å². The molecule has 0 aromatic rings. The van der Waals surface area contributed by atoms with Crippen molar-refractivity contribution in [3.63, 3.8) is 0 Å². The zero-order chi connectivity index (χ0) is 25.8. The summed E-state index contributed by atoms with van der Waals surface area (Å²) in [7, 11) is -4.10. The fraction of sp³-hybridized carbons (Fsp3) is 0.962. The van der Waals surface area contributed by atoms with Gasteiger partial charge in [-0.2, -0.15) is 8.42 Å². The minimum absolute atomic E-state index is 0.0509. The van der Waals surface area contributed by atoms with Gasteiger partial charge in [-0.1, -0.05) is 20.8 Å². The first kappa shape index (κ1) is 27.3. The first-order valence-electron chi connectivity index (χ1n) is 13.5. The number of hydrogen-bond acceptors (Lipinski definition) is 6. The lowest BCUT2D eigenvalue weighted by Crippen LogP contribution is -2.62. The maximum absolute atomic E-state index is 12.2. The third-order valence-electron chi connectivity index (χ3n) is 11.0. The van der Waals surface area contributed by atoms with Crippen molar-refractivity contribution in [1.82, 2.24) is 5.32 Å². The van der Waals surface area contributed by atoms with Crippen molar-refractivity contribution in [3.05, 3.63) is 0 Å². The van der Waals surface area contributed by atoms with E-state index in [4.69, 9.17) is 4.55 Å². The van der Waals surface area contributed by atoms with E-state index in [0.29, 0.717) is 18.8 Å². The van der Waals surface area contributed by atoms with Gasteiger partial charge < -0.3 is 20.6 Å². The van der Waals surface area contributed by atoms with Crippen LogP contribution in [0, 0.1) is 46.3 Å². The van der Waals surface area contributed by atoms with Crippen LogP contribution in [-0.4, -0.2) is 64.8 Å². The van der Waals surface area contributed by atoms with E-state index in [2.05, 4.69) is 26.1 Å². The second-order valence-corrected chi connectivity index (χ2v) is 14.2. The van der Waals surface area contributed by atoms with Crippen LogP contribution in [0.15, 0.2) is 0 Å². The molecule has 8 nitrogen and oxygen atoms in total. The van der Waals surface area contributed by atoms with E-state index >= 15 is 0 Å². The fourth-order valence-electron chi connectivity index (χ4n) is 9.10. The summed E-state index contributed by atoms with van der Waals surface area (Å²) in [6.45, 7) is 6.56. The lowest BCUT2D eigenvalue weighted by Gasteiger charge is -2.63. The smallest absolute Gasteiger partial charge is 0.266 e. The molecule has 1 amide bonds. The van der Waals surface area contributed by atoms with Gasteiger partial charge in [0.2, 0.25) is 5.91 Å². The number of nitrogens with one attached hydrogen (secondary N) is 1. The molecule has 4 unspecified atom stereocenters. The van der Waals surface area contributed by atoms with Crippen molar-refractivity contribution in [2.24, 2.45) is 46.3 Å². The Hall–Kier alpha value is -0.740. The zero-order valence-corrected chi connectivity index (χ0v) is 22.2. The van der Waals surface area contributed by atoms with Crippen molar-refractivity contribution in [2.45, 2.75) is 96.9 Å². The molecule has 4 aliphatic rings. The van der Waals surface area contributed by atoms with E-state index in [1.165, 1.54) is 0 Å². The summed E-state index contributed by atoms with van der Waals surface area (Å²) in [5.41, 5.74) is -0.254. The van der Waals surface area contributed by atoms with Crippen LogP contribution < -0.4 is 5.32 Å². The monoisotopic (exact) mass is 515 g/mol. The largest absolute Gasteiger partial charge is 0.393 e. The summed E-state index contributed by atoms with van der Waals surface area (Å²) in [4.78, 5) is 12.2. The number of amides is 1. The van der Waals surface area contributed by atoms with E-state index in [0.717, 1.165) is 38.5 Å². The Morgan fingerprint density at radius 1 is 1.06 bits per heavy atom. The van der Waals surface area contributed by atoms with Crippen LogP contribution in [0.3, 0.4) is 0 Å². The van der Waals surface area contributed by atoms with Crippen LogP contribution in [0.25, 0.3) is 0 Å². The molecule has 0 aromatic carbocycles. The Kier molecular flexibility index (Phi) is 7.69. The first-order chi connectivity index (χ1) is 16.3. The van der Waals surface area contributed by atoms with Crippen molar-refractivity contribution in [1.29, 1.82) is 0 Å². The van der Waals surface area contributed by atoms with Gasteiger partial charge in [-0.05, 0) is 97.7 Å². The molecule has 4 fully saturated rings. The van der Waals surface area contributed by atoms with Crippen LogP contribution in [0.5, 0.6) is 0 Å². The van der Waals surface area contributed by atoms with Crippen LogP contribution in [0.2, 0.25) is 0 Å². The molecule has 4 aliphatic carbocycles. The highest BCUT2D eigenvalue weighted by Gasteiger charge is 2.65. The molecule has 35 heavy (non-hydrogen) atoms. The molecule has 0 bridgehead atoms. The Morgan fingerprint density at radius 3 is 2.46 bits per heavy atom. The Morgan fingerprint density at radius 2 is 1.77 bits per heavy atom. The standard InChI is InChI=1S/C26H45NO7S/c1-15(4-7-23(31)27-10-11-35(32,33)34)18-5-6-19-24-20(14-22(30)26(18,19)3)25(2)9-8-17(28)12-16(25)13-21(24)29/h15-22,24,28-30H,4-14H2,1-3H3,(H,27,31)(H,32,33,34)/t15-,16?,17-,18-,19?,20?,21-,22+,24?,25+,26-/m1/s1. The van der Waals surface area contributed by atoms with Gasteiger partial charge >= 0.3 is 0 Å². The summed E-state index contributed by atoms with van der Waals surface area (Å²) in [5, 5.41) is 35.8. The molecule has 202 valence electrons. The Bertz CT molecular complexity index is 896. The summed E-state index contributed by atoms with van der Waals surface area (Å²) in [6.07, 6.45) is 5.67. The van der Waals surface area contributed by atoms with Gasteiger partial charge in [-0.25, -0.2) is 0 Å². The minimum atomic E-state index is -4.10. The highest BCUT2D eigenvalue weighted by molar-refractivity contribution is 7.85. The van der Waals surface area contributed by atoms with Crippen LogP contribution in [0.1, 0.15) is 78.6 Å². The third kappa shape index (κ3) is 5.05. The number of carbonyl (C=O) groups excluding carboxylic acids is 1. The molecular formula is C26H45NO7S. The Labute approximate surface area is 210 Å². The van der Waals surface area contributed by atoms with E-state index in [-0.39, 0.29) is 65.4 Å². The predicted molar refractivity (Wildman–Crippen MR) is 132 cm³/mol. The molecule has 0 radical (unpaired) electrons. The van der Waals surface area contributed by atoms with Gasteiger partial charge in [0.25, 0.3) is 10.1 Å². The molecule has 0 saturated heterocycles. The number of carbonyl (C=O) groups is 1. The molecule has 4 saturated carbocycles. The summed E-state index contributed by atoms with van der Waals surface area (Å²) in [6, 6.07) is 0. The summed E-state index contributed by atoms with van der Waals surface area (Å²) < 4.78 is 30.5. The average molecular weight is 516 g/mol. The second-order valence-electron chi connectivity index (χ2n) is 12.7. The van der Waals surface area contributed by atoms with Crippen molar-refractivity contribution < 1.29 is 33.1 Å². The highest BCUT2D eigenvalue weighted by atomic mass is 32.2. The van der Waals surface area contributed by atoms with E-state index < -0.39 is 28.1 Å². The van der Waals surface area contributed by atoms with Crippen molar-refractivity contribution in [3.8, 4) is 0 Å². The molecule has 0 spiro atoms. The van der Waals surface area contributed by atoms with Gasteiger partial charge in [0, 0.05) is 13.0 Å². The molecular weight excluding hydrogens is 470 g/mol. The highest BCUT2D eigenvalue weighted by Crippen LogP contribution is 2.68. The van der Waals surface area contributed by atoms with Crippen LogP contribution in [0.4, 0.5) is 0 Å². The number of hydrogen-bond donors (Lipinski definition) is 5. The fourth-order valence-corrected chi connectivity index (χ4v) is 9.46. The van der Waals surface area contributed by atoms with E-state index in [1.807, 2.05) is 0 Å². The second kappa shape index (κ2) is 9.86. The van der Waals surface area contributed by atoms with E-state index in [9.17, 15) is 28.5 Å². The van der Waals surface area contributed by atoms with Crippen molar-refractivity contribution in [2.75, 3.05) is 12.3 Å². The lowest BCUT2D eigenvalue weighted by atomic mass is 9.43. The quantitative estimate of drug-likeness (QED) is 0.327. The lowest BCUT2D eigenvalue weighted by molar-refractivity contribution is -0.207. The van der Waals surface area contributed by atoms with Crippen LogP contribution in [-0.2, 0) is 14.9 Å². The number of rotatable bonds is 7. The average Bonchev–Trinajstić information content (AvgIpc) is 3.12. The van der Waals surface area contributed by atoms with Gasteiger partial charge in [0.05, 0.1) is 24.1 Å². The topological polar surface area (TPSA) is 144 Å². The molecule has 11 atom stereocenters. The summed E-state index contributed by atoms with van der Waals surface area (Å²) >= 11 is 0. The molecule has 4 rings (SSSR count). The number of aliphatic hydroxyl groups is 3. The molecule has 0 aromatic heterocycles. The SMILES string of the molecule is C[C@H](CCC(=O)NCCS(=O)(=O)O)[C@H]1CCC2C3C(C[C@H](O)[C@@]21C)[C@@]1(C)CC[C@@H](O)CC1C[C@H]3O. The normalized spacial score (nSPS) is 46.3. The minimum Gasteiger partial charge on any atom is -0.393 e. The van der Waals surface area contributed by atoms with Gasteiger partial charge in [-0.3, -0.25) is 9.35 Å². The summed E-state index contributed by atoms with van der Waals surface area (Å²) in [5.74, 6) is 0.705. The van der Waals surface area contributed by atoms with E-state index in [1.54, 1.807) is 0 Å². The zero-order valence-electron chi connectivity index (χ0n) is 21.4. The number of aliphatic hydroxyl groups excluding tert-OH is 3. The predicted octanol–water partition coefficient (Wildman–Crippen LogP) is 2.37. The van der Waals surface area contributed by atoms with Gasteiger partial charge in [-0.15, -0.1) is 0 Å². The number of fused-ring (bicyclic) bond motifs is 5. The van der Waals surface area contributed by atoms with Gasteiger partial charge in [0.1, 0.15) is 0 Å². The van der Waals surface area contributed by atoms with Gasteiger partial charge in [0.15, 0.2) is 0 Å². The molecule has 0 heterocycles. The molecule has 9 heteroatoms. The Balaban J connectivity index is 1.43. The first-order valence-corrected chi connectivity index (χ1v) is 15.1. The van der Waals surface area contributed by atoms with Crippen molar-refractivity contribution >= 4 is 16.0 Å². The third-order valence-corrected chi connectivity index (χ3v) is 11.7. The maximum atomic E-state index is 12.2. The molecule has 5 N–H and O–H groups in total.